The second-order valence-electron chi connectivity index (χ2n) is 4.47. The summed E-state index contributed by atoms with van der Waals surface area (Å²) in [6.45, 7) is 4.17. The molecule has 108 valence electrons. The van der Waals surface area contributed by atoms with Crippen LogP contribution in [-0.4, -0.2) is 35.2 Å². The number of hydrogen-bond donors (Lipinski definition) is 0. The van der Waals surface area contributed by atoms with E-state index >= 15 is 0 Å². The lowest BCUT2D eigenvalue weighted by molar-refractivity contribution is 0.355. The molecule has 0 unspecified atom stereocenters. The van der Waals surface area contributed by atoms with E-state index < -0.39 is 0 Å². The highest BCUT2D eigenvalue weighted by molar-refractivity contribution is 7.98. The summed E-state index contributed by atoms with van der Waals surface area (Å²) in [6.07, 6.45) is 5.92. The Morgan fingerprint density at radius 3 is 2.52 bits per heavy atom. The van der Waals surface area contributed by atoms with Crippen LogP contribution in [0.3, 0.4) is 0 Å². The van der Waals surface area contributed by atoms with Crippen molar-refractivity contribution in [3.63, 3.8) is 0 Å². The number of aromatic nitrogens is 3. The topological polar surface area (TPSA) is 49.2 Å². The van der Waals surface area contributed by atoms with E-state index in [-0.39, 0.29) is 0 Å². The van der Waals surface area contributed by atoms with Crippen molar-refractivity contribution in [3.8, 4) is 11.5 Å². The minimum atomic E-state index is 0.670. The van der Waals surface area contributed by atoms with Gasteiger partial charge in [0.1, 0.15) is 0 Å². The van der Waals surface area contributed by atoms with Gasteiger partial charge in [0.05, 0.1) is 14.2 Å². The van der Waals surface area contributed by atoms with Crippen LogP contribution in [0.1, 0.15) is 17.0 Å². The number of rotatable bonds is 3. The van der Waals surface area contributed by atoms with Crippen LogP contribution < -0.4 is 9.47 Å². The van der Waals surface area contributed by atoms with Gasteiger partial charge in [0, 0.05) is 11.8 Å². The average molecular weight is 301 g/mol. The maximum atomic E-state index is 5.37. The van der Waals surface area contributed by atoms with Gasteiger partial charge >= 0.3 is 0 Å². The van der Waals surface area contributed by atoms with Crippen LogP contribution in [-0.2, 0) is 0 Å². The lowest BCUT2D eigenvalue weighted by Crippen LogP contribution is -1.98. The molecule has 0 fully saturated rings. The predicted molar refractivity (Wildman–Crippen MR) is 84.7 cm³/mol. The van der Waals surface area contributed by atoms with E-state index in [0.717, 1.165) is 27.7 Å². The van der Waals surface area contributed by atoms with E-state index in [2.05, 4.69) is 16.8 Å². The summed E-state index contributed by atoms with van der Waals surface area (Å²) in [5.74, 6) is 2.10. The van der Waals surface area contributed by atoms with Crippen molar-refractivity contribution in [2.24, 2.45) is 0 Å². The molecule has 0 radical (unpaired) electrons. The fraction of sp³-hybridized carbons (Fsp3) is 0.200. The molecule has 0 amide bonds. The number of nitrogens with zero attached hydrogens (tertiary/aromatic N) is 3. The molecule has 0 atom stereocenters. The standard InChI is InChI=1S/C15H15N3O2S/c1-9-11-8-13(20-3)12(19-2)7-10(11)5-6-18-14(9)16-17-15(18)21-4/h5-8H,1H2,2-4H3. The summed E-state index contributed by atoms with van der Waals surface area (Å²) in [6, 6.07) is 3.86. The van der Waals surface area contributed by atoms with Crippen molar-refractivity contribution in [1.82, 2.24) is 14.8 Å². The molecule has 2 aromatic rings. The Labute approximate surface area is 127 Å². The maximum absolute atomic E-state index is 5.37. The SMILES string of the molecule is C=C1c2cc(OC)c(OC)cc2C=Cn2c(SC)nnc21. The zero-order valence-electron chi connectivity index (χ0n) is 12.1. The number of hydrogen-bond acceptors (Lipinski definition) is 5. The van der Waals surface area contributed by atoms with E-state index in [1.165, 1.54) is 0 Å². The third-order valence-electron chi connectivity index (χ3n) is 3.40. The highest BCUT2D eigenvalue weighted by Gasteiger charge is 2.20. The lowest BCUT2D eigenvalue weighted by atomic mass is 10.00. The van der Waals surface area contributed by atoms with E-state index in [9.17, 15) is 0 Å². The molecule has 0 aliphatic carbocycles. The summed E-state index contributed by atoms with van der Waals surface area (Å²) in [4.78, 5) is 0. The Morgan fingerprint density at radius 1 is 1.14 bits per heavy atom. The molecule has 6 heteroatoms. The van der Waals surface area contributed by atoms with Crippen LogP contribution in [0.5, 0.6) is 11.5 Å². The molecule has 1 aliphatic heterocycles. The van der Waals surface area contributed by atoms with Crippen LogP contribution in [0.4, 0.5) is 0 Å². The first-order valence-corrected chi connectivity index (χ1v) is 7.54. The normalized spacial score (nSPS) is 12.6. The van der Waals surface area contributed by atoms with Gasteiger partial charge < -0.3 is 9.47 Å². The highest BCUT2D eigenvalue weighted by atomic mass is 32.2. The minimum Gasteiger partial charge on any atom is -0.493 e. The summed E-state index contributed by atoms with van der Waals surface area (Å²) in [5, 5.41) is 9.23. The van der Waals surface area contributed by atoms with Crippen LogP contribution in [0.15, 0.2) is 23.9 Å². The van der Waals surface area contributed by atoms with Crippen LogP contribution in [0, 0.1) is 0 Å². The van der Waals surface area contributed by atoms with E-state index in [4.69, 9.17) is 9.47 Å². The molecule has 1 aliphatic rings. The molecular weight excluding hydrogens is 286 g/mol. The van der Waals surface area contributed by atoms with Crippen molar-refractivity contribution in [2.75, 3.05) is 20.5 Å². The number of thioether (sulfide) groups is 1. The Morgan fingerprint density at radius 2 is 1.86 bits per heavy atom. The Bertz CT molecular complexity index is 750. The zero-order valence-corrected chi connectivity index (χ0v) is 12.9. The van der Waals surface area contributed by atoms with Crippen molar-refractivity contribution in [1.29, 1.82) is 0 Å². The Balaban J connectivity index is 2.21. The second-order valence-corrected chi connectivity index (χ2v) is 5.24. The molecule has 0 saturated heterocycles. The van der Waals surface area contributed by atoms with Crippen LogP contribution in [0.2, 0.25) is 0 Å². The van der Waals surface area contributed by atoms with Gasteiger partial charge in [-0.25, -0.2) is 0 Å². The Kier molecular flexibility index (Phi) is 3.47. The molecule has 1 aromatic heterocycles. The number of fused-ring (bicyclic) bond motifs is 2. The summed E-state index contributed by atoms with van der Waals surface area (Å²) in [5.41, 5.74) is 2.78. The molecule has 0 spiro atoms. The lowest BCUT2D eigenvalue weighted by Gasteiger charge is -2.12. The van der Waals surface area contributed by atoms with Gasteiger partial charge in [0.15, 0.2) is 22.5 Å². The van der Waals surface area contributed by atoms with Gasteiger partial charge in [-0.15, -0.1) is 10.2 Å². The van der Waals surface area contributed by atoms with Gasteiger partial charge in [-0.05, 0) is 35.6 Å². The van der Waals surface area contributed by atoms with Gasteiger partial charge in [-0.2, -0.15) is 0 Å². The molecule has 3 rings (SSSR count). The molecule has 0 bridgehead atoms. The first-order valence-electron chi connectivity index (χ1n) is 6.32. The Hall–Kier alpha value is -2.21. The van der Waals surface area contributed by atoms with Crippen molar-refractivity contribution in [2.45, 2.75) is 5.16 Å². The number of benzene rings is 1. The average Bonchev–Trinajstić information content (AvgIpc) is 2.88. The van der Waals surface area contributed by atoms with E-state index in [0.29, 0.717) is 11.5 Å². The molecule has 0 N–H and O–H groups in total. The number of methoxy groups -OCH3 is 2. The first kappa shape index (κ1) is 13.8. The summed E-state index contributed by atoms with van der Waals surface area (Å²) >= 11 is 1.54. The second kappa shape index (κ2) is 5.29. The number of ether oxygens (including phenoxy) is 2. The van der Waals surface area contributed by atoms with Gasteiger partial charge in [-0.3, -0.25) is 4.57 Å². The predicted octanol–water partition coefficient (Wildman–Crippen LogP) is 3.02. The van der Waals surface area contributed by atoms with Crippen molar-refractivity contribution >= 4 is 29.6 Å². The van der Waals surface area contributed by atoms with Crippen LogP contribution >= 0.6 is 11.8 Å². The van der Waals surface area contributed by atoms with Crippen molar-refractivity contribution < 1.29 is 9.47 Å². The van der Waals surface area contributed by atoms with E-state index in [1.54, 1.807) is 26.0 Å². The molecular formula is C15H15N3O2S. The third kappa shape index (κ3) is 2.12. The van der Waals surface area contributed by atoms with Gasteiger partial charge in [0.2, 0.25) is 0 Å². The van der Waals surface area contributed by atoms with Crippen LogP contribution in [0.25, 0.3) is 17.8 Å². The quantitative estimate of drug-likeness (QED) is 0.696. The molecule has 1 aromatic carbocycles. The van der Waals surface area contributed by atoms with E-state index in [1.807, 2.05) is 35.2 Å². The summed E-state index contributed by atoms with van der Waals surface area (Å²) < 4.78 is 12.7. The maximum Gasteiger partial charge on any atom is 0.195 e. The van der Waals surface area contributed by atoms with Gasteiger partial charge in [-0.1, -0.05) is 18.3 Å². The zero-order chi connectivity index (χ0) is 15.0. The molecule has 0 saturated carbocycles. The minimum absolute atomic E-state index is 0.670. The van der Waals surface area contributed by atoms with Gasteiger partial charge in [0.25, 0.3) is 0 Å². The largest absolute Gasteiger partial charge is 0.493 e. The fourth-order valence-corrected chi connectivity index (χ4v) is 2.79. The van der Waals surface area contributed by atoms with Crippen molar-refractivity contribution in [3.05, 3.63) is 35.7 Å². The highest BCUT2D eigenvalue weighted by Crippen LogP contribution is 2.37. The summed E-state index contributed by atoms with van der Waals surface area (Å²) in [7, 11) is 3.24. The monoisotopic (exact) mass is 301 g/mol. The molecule has 2 heterocycles. The fourth-order valence-electron chi connectivity index (χ4n) is 2.33. The molecule has 5 nitrogen and oxygen atoms in total. The smallest absolute Gasteiger partial charge is 0.195 e. The third-order valence-corrected chi connectivity index (χ3v) is 4.04. The first-order chi connectivity index (χ1) is 10.2. The molecule has 21 heavy (non-hydrogen) atoms.